The Morgan fingerprint density at radius 2 is 2.20 bits per heavy atom. The number of aryl methyl sites for hydroxylation is 1. The Morgan fingerprint density at radius 1 is 1.60 bits per heavy atom. The first-order valence-corrected chi connectivity index (χ1v) is 3.95. The maximum Gasteiger partial charge on any atom is 0.285 e. The minimum absolute atomic E-state index is 0.253. The van der Waals surface area contributed by atoms with Crippen molar-refractivity contribution in [1.29, 1.82) is 0 Å². The van der Waals surface area contributed by atoms with Gasteiger partial charge in [-0.3, -0.25) is 10.1 Å². The van der Waals surface area contributed by atoms with Crippen LogP contribution < -0.4 is 4.74 Å². The van der Waals surface area contributed by atoms with Crippen LogP contribution in [0.5, 0.6) is 5.88 Å². The lowest BCUT2D eigenvalue weighted by molar-refractivity contribution is -0.386. The van der Waals surface area contributed by atoms with Crippen LogP contribution in [0.3, 0.4) is 0 Å². The van der Waals surface area contributed by atoms with Crippen molar-refractivity contribution in [1.82, 2.24) is 4.98 Å². The Morgan fingerprint density at radius 3 is 2.60 bits per heavy atom. The second kappa shape index (κ2) is 4.16. The molecule has 0 bridgehead atoms. The molecular weight excluding hydrogens is 210 g/mol. The fraction of sp³-hybridized carbons (Fsp3) is 0.375. The zero-order valence-corrected chi connectivity index (χ0v) is 8.03. The molecule has 15 heavy (non-hydrogen) atoms. The number of nitrogens with zero attached hydrogens (tertiary/aromatic N) is 2. The van der Waals surface area contributed by atoms with Crippen LogP contribution in [0.2, 0.25) is 0 Å². The Balaban J connectivity index is 3.47. The van der Waals surface area contributed by atoms with E-state index in [-0.39, 0.29) is 5.69 Å². The fourth-order valence-corrected chi connectivity index (χ4v) is 1.15. The number of ether oxygens (including phenoxy) is 1. The molecule has 0 unspecified atom stereocenters. The van der Waals surface area contributed by atoms with Gasteiger partial charge in [-0.05, 0) is 6.92 Å². The lowest BCUT2D eigenvalue weighted by Gasteiger charge is -2.07. The number of rotatable bonds is 3. The maximum atomic E-state index is 12.5. The summed E-state index contributed by atoms with van der Waals surface area (Å²) in [5.41, 5.74) is -1.20. The van der Waals surface area contributed by atoms with Gasteiger partial charge in [-0.25, -0.2) is 13.8 Å². The van der Waals surface area contributed by atoms with E-state index < -0.39 is 28.5 Å². The molecule has 1 aromatic rings. The van der Waals surface area contributed by atoms with Gasteiger partial charge < -0.3 is 4.74 Å². The monoisotopic (exact) mass is 218 g/mol. The van der Waals surface area contributed by atoms with E-state index in [1.807, 2.05) is 0 Å². The number of alkyl halides is 2. The van der Waals surface area contributed by atoms with Gasteiger partial charge in [-0.2, -0.15) is 0 Å². The predicted molar refractivity (Wildman–Crippen MR) is 47.1 cm³/mol. The van der Waals surface area contributed by atoms with Crippen LogP contribution in [-0.2, 0) is 0 Å². The van der Waals surface area contributed by atoms with Crippen molar-refractivity contribution in [3.05, 3.63) is 27.4 Å². The molecule has 0 aliphatic heterocycles. The number of pyridine rings is 1. The van der Waals surface area contributed by atoms with E-state index in [4.69, 9.17) is 0 Å². The Hall–Kier alpha value is -1.79. The zero-order chi connectivity index (χ0) is 11.6. The average Bonchev–Trinajstić information content (AvgIpc) is 2.15. The Kier molecular flexibility index (Phi) is 3.13. The van der Waals surface area contributed by atoms with Crippen molar-refractivity contribution in [2.45, 2.75) is 13.3 Å². The highest BCUT2D eigenvalue weighted by Crippen LogP contribution is 2.35. The van der Waals surface area contributed by atoms with Crippen molar-refractivity contribution in [3.8, 4) is 5.88 Å². The second-order valence-corrected chi connectivity index (χ2v) is 2.76. The summed E-state index contributed by atoms with van der Waals surface area (Å²) in [6.07, 6.45) is -2.99. The molecule has 0 saturated heterocycles. The fourth-order valence-electron chi connectivity index (χ4n) is 1.15. The van der Waals surface area contributed by atoms with E-state index in [9.17, 15) is 18.9 Å². The van der Waals surface area contributed by atoms with Gasteiger partial charge in [0.25, 0.3) is 12.1 Å². The van der Waals surface area contributed by atoms with Crippen molar-refractivity contribution in [2.24, 2.45) is 0 Å². The first-order chi connectivity index (χ1) is 6.97. The normalized spacial score (nSPS) is 10.5. The lowest BCUT2D eigenvalue weighted by Crippen LogP contribution is -2.03. The standard InChI is InChI=1S/C8H8F2N2O3/c1-4-3-5(12(13)14)6(7(9)10)8(11-4)15-2/h3,7H,1-2H3. The van der Waals surface area contributed by atoms with Crippen LogP contribution in [0.15, 0.2) is 6.07 Å². The van der Waals surface area contributed by atoms with E-state index in [1.165, 1.54) is 6.92 Å². The number of hydrogen-bond donors (Lipinski definition) is 0. The first kappa shape index (κ1) is 11.3. The summed E-state index contributed by atoms with van der Waals surface area (Å²) in [6, 6.07) is 0.990. The molecule has 0 spiro atoms. The van der Waals surface area contributed by atoms with Gasteiger partial charge in [0, 0.05) is 11.8 Å². The molecule has 7 heteroatoms. The van der Waals surface area contributed by atoms with Crippen LogP contribution in [0.4, 0.5) is 14.5 Å². The van der Waals surface area contributed by atoms with Gasteiger partial charge in [0.15, 0.2) is 5.56 Å². The van der Waals surface area contributed by atoms with Crippen molar-refractivity contribution in [3.63, 3.8) is 0 Å². The molecule has 82 valence electrons. The summed E-state index contributed by atoms with van der Waals surface area (Å²) >= 11 is 0. The van der Waals surface area contributed by atoms with E-state index in [0.717, 1.165) is 13.2 Å². The second-order valence-electron chi connectivity index (χ2n) is 2.76. The van der Waals surface area contributed by atoms with Gasteiger partial charge >= 0.3 is 0 Å². The maximum absolute atomic E-state index is 12.5. The number of halogens is 2. The summed E-state index contributed by atoms with van der Waals surface area (Å²) < 4.78 is 29.7. The van der Waals surface area contributed by atoms with Gasteiger partial charge in [-0.15, -0.1) is 0 Å². The van der Waals surface area contributed by atoms with Crippen LogP contribution >= 0.6 is 0 Å². The molecule has 0 radical (unpaired) electrons. The van der Waals surface area contributed by atoms with Gasteiger partial charge in [0.2, 0.25) is 5.88 Å². The average molecular weight is 218 g/mol. The molecule has 1 aromatic heterocycles. The van der Waals surface area contributed by atoms with Crippen molar-refractivity contribution in [2.75, 3.05) is 7.11 Å². The third-order valence-corrected chi connectivity index (χ3v) is 1.74. The van der Waals surface area contributed by atoms with Crippen LogP contribution in [0, 0.1) is 17.0 Å². The molecule has 5 nitrogen and oxygen atoms in total. The van der Waals surface area contributed by atoms with E-state index in [2.05, 4.69) is 9.72 Å². The highest BCUT2D eigenvalue weighted by Gasteiger charge is 2.28. The van der Waals surface area contributed by atoms with E-state index >= 15 is 0 Å². The van der Waals surface area contributed by atoms with Gasteiger partial charge in [0.1, 0.15) is 0 Å². The summed E-state index contributed by atoms with van der Waals surface area (Å²) in [5, 5.41) is 10.5. The minimum Gasteiger partial charge on any atom is -0.480 e. The summed E-state index contributed by atoms with van der Waals surface area (Å²) in [6.45, 7) is 1.46. The molecular formula is C8H8F2N2O3. The topological polar surface area (TPSA) is 65.3 Å². The number of aromatic nitrogens is 1. The van der Waals surface area contributed by atoms with Gasteiger partial charge in [0.05, 0.1) is 12.0 Å². The third-order valence-electron chi connectivity index (χ3n) is 1.74. The minimum atomic E-state index is -2.99. The van der Waals surface area contributed by atoms with Crippen molar-refractivity contribution < 1.29 is 18.4 Å². The molecule has 1 heterocycles. The molecule has 1 rings (SSSR count). The molecule has 0 aliphatic carbocycles. The quantitative estimate of drug-likeness (QED) is 0.576. The molecule has 0 atom stereocenters. The zero-order valence-electron chi connectivity index (χ0n) is 8.03. The summed E-state index contributed by atoms with van der Waals surface area (Å²) in [7, 11) is 1.14. The molecule has 0 amide bonds. The SMILES string of the molecule is COc1nc(C)cc([N+](=O)[O-])c1C(F)F. The highest BCUT2D eigenvalue weighted by atomic mass is 19.3. The Bertz CT molecular complexity index is 396. The molecule has 0 aliphatic rings. The number of hydrogen-bond acceptors (Lipinski definition) is 4. The number of methoxy groups -OCH3 is 1. The smallest absolute Gasteiger partial charge is 0.285 e. The first-order valence-electron chi connectivity index (χ1n) is 3.95. The Labute approximate surface area is 83.8 Å². The molecule has 0 aromatic carbocycles. The molecule has 0 saturated carbocycles. The number of nitro groups is 1. The van der Waals surface area contributed by atoms with Crippen LogP contribution in [0.1, 0.15) is 17.7 Å². The molecule has 0 fully saturated rings. The largest absolute Gasteiger partial charge is 0.480 e. The predicted octanol–water partition coefficient (Wildman–Crippen LogP) is 2.24. The van der Waals surface area contributed by atoms with Gasteiger partial charge in [-0.1, -0.05) is 0 Å². The van der Waals surface area contributed by atoms with Crippen LogP contribution in [-0.4, -0.2) is 17.0 Å². The summed E-state index contributed by atoms with van der Waals surface area (Å²) in [4.78, 5) is 13.3. The van der Waals surface area contributed by atoms with E-state index in [0.29, 0.717) is 0 Å². The summed E-state index contributed by atoms with van der Waals surface area (Å²) in [5.74, 6) is -0.406. The van der Waals surface area contributed by atoms with Crippen LogP contribution in [0.25, 0.3) is 0 Å². The third kappa shape index (κ3) is 2.17. The highest BCUT2D eigenvalue weighted by molar-refractivity contribution is 5.47. The molecule has 0 N–H and O–H groups in total. The van der Waals surface area contributed by atoms with Crippen molar-refractivity contribution >= 4 is 5.69 Å². The van der Waals surface area contributed by atoms with E-state index in [1.54, 1.807) is 0 Å². The lowest BCUT2D eigenvalue weighted by atomic mass is 10.2.